The first-order valence-electron chi connectivity index (χ1n) is 9.91. The third-order valence-electron chi connectivity index (χ3n) is 5.69. The first kappa shape index (κ1) is 22.2. The number of benzene rings is 1. The van der Waals surface area contributed by atoms with E-state index >= 15 is 0 Å². The summed E-state index contributed by atoms with van der Waals surface area (Å²) in [6, 6.07) is 7.18. The summed E-state index contributed by atoms with van der Waals surface area (Å²) in [5, 5.41) is 3.26. The Kier molecular flexibility index (Phi) is 5.87. The molecule has 4 rings (SSSR count). The summed E-state index contributed by atoms with van der Waals surface area (Å²) in [7, 11) is 0. The number of carbonyl (C=O) groups excluding carboxylic acids is 4. The standard InChI is InChI=1S/C21H20Cl2N4O5/c1-21(14-5-4-13(22)11-15(14)23)19(30)27(20(31)24-21)12-17(28)25-6-8-26(9-7-25)18(29)16-3-2-10-32-16/h2-5,10-11H,6-9,12H2,1H3,(H,24,31)/t21-/m0/s1. The molecular weight excluding hydrogens is 459 g/mol. The van der Waals surface area contributed by atoms with Crippen LogP contribution >= 0.6 is 23.2 Å². The Morgan fingerprint density at radius 2 is 1.78 bits per heavy atom. The molecule has 1 atom stereocenters. The van der Waals surface area contributed by atoms with Crippen molar-refractivity contribution < 1.29 is 23.6 Å². The van der Waals surface area contributed by atoms with Gasteiger partial charge >= 0.3 is 6.03 Å². The summed E-state index contributed by atoms with van der Waals surface area (Å²) in [5.74, 6) is -0.965. The lowest BCUT2D eigenvalue weighted by Gasteiger charge is -2.34. The van der Waals surface area contributed by atoms with Gasteiger partial charge in [0.1, 0.15) is 12.1 Å². The maximum Gasteiger partial charge on any atom is 0.325 e. The minimum atomic E-state index is -1.41. The van der Waals surface area contributed by atoms with Crippen LogP contribution in [-0.2, 0) is 15.1 Å². The zero-order valence-corrected chi connectivity index (χ0v) is 18.7. The molecule has 168 valence electrons. The highest BCUT2D eigenvalue weighted by atomic mass is 35.5. The predicted octanol–water partition coefficient (Wildman–Crippen LogP) is 2.34. The Morgan fingerprint density at radius 1 is 1.09 bits per heavy atom. The van der Waals surface area contributed by atoms with Crippen LogP contribution < -0.4 is 5.32 Å². The van der Waals surface area contributed by atoms with E-state index in [1.807, 2.05) is 0 Å². The van der Waals surface area contributed by atoms with Crippen LogP contribution in [-0.4, -0.2) is 71.2 Å². The largest absolute Gasteiger partial charge is 0.459 e. The van der Waals surface area contributed by atoms with Crippen LogP contribution in [0.1, 0.15) is 23.0 Å². The van der Waals surface area contributed by atoms with Crippen molar-refractivity contribution in [2.75, 3.05) is 32.7 Å². The summed E-state index contributed by atoms with van der Waals surface area (Å²) in [4.78, 5) is 54.8. The maximum absolute atomic E-state index is 13.1. The normalized spacial score (nSPS) is 21.2. The van der Waals surface area contributed by atoms with Crippen molar-refractivity contribution in [1.29, 1.82) is 0 Å². The molecule has 1 N–H and O–H groups in total. The first-order valence-corrected chi connectivity index (χ1v) is 10.7. The van der Waals surface area contributed by atoms with E-state index in [9.17, 15) is 19.2 Å². The van der Waals surface area contributed by atoms with E-state index < -0.39 is 24.0 Å². The van der Waals surface area contributed by atoms with Gasteiger partial charge in [0.05, 0.1) is 6.26 Å². The van der Waals surface area contributed by atoms with E-state index in [1.54, 1.807) is 29.2 Å². The third kappa shape index (κ3) is 3.93. The Morgan fingerprint density at radius 3 is 2.41 bits per heavy atom. The number of amides is 5. The molecule has 0 bridgehead atoms. The number of hydrogen-bond donors (Lipinski definition) is 1. The fraction of sp³-hybridized carbons (Fsp3) is 0.333. The monoisotopic (exact) mass is 478 g/mol. The molecule has 2 aliphatic rings. The molecule has 5 amide bonds. The molecule has 11 heteroatoms. The topological polar surface area (TPSA) is 103 Å². The zero-order valence-electron chi connectivity index (χ0n) is 17.1. The molecule has 1 aromatic carbocycles. The molecule has 2 fully saturated rings. The van der Waals surface area contributed by atoms with Crippen molar-refractivity contribution in [3.8, 4) is 0 Å². The summed E-state index contributed by atoms with van der Waals surface area (Å²) in [6.07, 6.45) is 1.43. The average Bonchev–Trinajstić information content (AvgIpc) is 3.37. The number of halogens is 2. The van der Waals surface area contributed by atoms with Crippen LogP contribution in [0.25, 0.3) is 0 Å². The molecule has 0 unspecified atom stereocenters. The number of imide groups is 1. The van der Waals surface area contributed by atoms with Gasteiger partial charge in [-0.15, -0.1) is 0 Å². The number of carbonyl (C=O) groups is 4. The number of urea groups is 1. The average molecular weight is 479 g/mol. The number of piperazine rings is 1. The van der Waals surface area contributed by atoms with E-state index in [0.717, 1.165) is 4.90 Å². The molecule has 9 nitrogen and oxygen atoms in total. The summed E-state index contributed by atoms with van der Waals surface area (Å²) >= 11 is 12.2. The second-order valence-electron chi connectivity index (χ2n) is 7.72. The lowest BCUT2D eigenvalue weighted by Crippen LogP contribution is -2.53. The smallest absolute Gasteiger partial charge is 0.325 e. The molecule has 2 aliphatic heterocycles. The molecule has 2 saturated heterocycles. The summed E-state index contributed by atoms with van der Waals surface area (Å²) < 4.78 is 5.13. The molecule has 0 saturated carbocycles. The van der Waals surface area contributed by atoms with Crippen LogP contribution in [0, 0.1) is 0 Å². The molecule has 3 heterocycles. The summed E-state index contributed by atoms with van der Waals surface area (Å²) in [6.45, 7) is 2.35. The van der Waals surface area contributed by atoms with Crippen LogP contribution in [0.4, 0.5) is 4.79 Å². The number of hydrogen-bond acceptors (Lipinski definition) is 5. The molecule has 2 aromatic rings. The number of furan rings is 1. The van der Waals surface area contributed by atoms with Crippen molar-refractivity contribution in [1.82, 2.24) is 20.0 Å². The quantitative estimate of drug-likeness (QED) is 0.679. The van der Waals surface area contributed by atoms with E-state index in [0.29, 0.717) is 23.7 Å². The second kappa shape index (κ2) is 8.48. The van der Waals surface area contributed by atoms with Crippen molar-refractivity contribution in [2.24, 2.45) is 0 Å². The van der Waals surface area contributed by atoms with Gasteiger partial charge in [-0.2, -0.15) is 0 Å². The van der Waals surface area contributed by atoms with E-state index in [1.165, 1.54) is 24.2 Å². The van der Waals surface area contributed by atoms with Crippen molar-refractivity contribution in [2.45, 2.75) is 12.5 Å². The van der Waals surface area contributed by atoms with E-state index in [2.05, 4.69) is 5.32 Å². The van der Waals surface area contributed by atoms with Gasteiger partial charge in [-0.05, 0) is 31.2 Å². The van der Waals surface area contributed by atoms with Gasteiger partial charge < -0.3 is 19.5 Å². The zero-order chi connectivity index (χ0) is 23.0. The number of nitrogens with zero attached hydrogens (tertiary/aromatic N) is 3. The van der Waals surface area contributed by atoms with Crippen molar-refractivity contribution in [3.05, 3.63) is 58.0 Å². The van der Waals surface area contributed by atoms with Crippen LogP contribution in [0.3, 0.4) is 0 Å². The van der Waals surface area contributed by atoms with Gasteiger partial charge in [0.15, 0.2) is 5.76 Å². The van der Waals surface area contributed by atoms with E-state index in [4.69, 9.17) is 27.6 Å². The van der Waals surface area contributed by atoms with Gasteiger partial charge in [-0.1, -0.05) is 29.3 Å². The Balaban J connectivity index is 1.40. The molecule has 0 radical (unpaired) electrons. The molecule has 1 aromatic heterocycles. The Bertz CT molecular complexity index is 1080. The highest BCUT2D eigenvalue weighted by Crippen LogP contribution is 2.35. The fourth-order valence-electron chi connectivity index (χ4n) is 3.87. The third-order valence-corrected chi connectivity index (χ3v) is 6.24. The van der Waals surface area contributed by atoms with Gasteiger partial charge in [0.2, 0.25) is 5.91 Å². The van der Waals surface area contributed by atoms with Crippen LogP contribution in [0.15, 0.2) is 41.0 Å². The van der Waals surface area contributed by atoms with Crippen molar-refractivity contribution >= 4 is 47.0 Å². The van der Waals surface area contributed by atoms with E-state index in [-0.39, 0.29) is 35.7 Å². The Labute approximate surface area is 193 Å². The lowest BCUT2D eigenvalue weighted by molar-refractivity contribution is -0.139. The number of nitrogens with one attached hydrogen (secondary N) is 1. The molecular formula is C21H20Cl2N4O5. The highest BCUT2D eigenvalue weighted by Gasteiger charge is 2.50. The van der Waals surface area contributed by atoms with Gasteiger partial charge in [-0.3, -0.25) is 19.3 Å². The summed E-state index contributed by atoms with van der Waals surface area (Å²) in [5.41, 5.74) is -1.02. The van der Waals surface area contributed by atoms with Gasteiger partial charge in [0.25, 0.3) is 11.8 Å². The van der Waals surface area contributed by atoms with Gasteiger partial charge in [-0.25, -0.2) is 4.79 Å². The van der Waals surface area contributed by atoms with Gasteiger partial charge in [0, 0.05) is 41.8 Å². The van der Waals surface area contributed by atoms with Crippen LogP contribution in [0.2, 0.25) is 10.0 Å². The van der Waals surface area contributed by atoms with Crippen molar-refractivity contribution in [3.63, 3.8) is 0 Å². The molecule has 0 aliphatic carbocycles. The van der Waals surface area contributed by atoms with Crippen LogP contribution in [0.5, 0.6) is 0 Å². The molecule has 0 spiro atoms. The molecule has 32 heavy (non-hydrogen) atoms. The maximum atomic E-state index is 13.1. The minimum absolute atomic E-state index is 0.235. The highest BCUT2D eigenvalue weighted by molar-refractivity contribution is 6.35. The predicted molar refractivity (Wildman–Crippen MR) is 115 cm³/mol. The lowest BCUT2D eigenvalue weighted by atomic mass is 9.92. The Hall–Kier alpha value is -3.04. The first-order chi connectivity index (χ1) is 15.2. The SMILES string of the molecule is C[C@@]1(c2ccc(Cl)cc2Cl)NC(=O)N(CC(=O)N2CCN(C(=O)c3ccco3)CC2)C1=O. The fourth-order valence-corrected chi connectivity index (χ4v) is 4.47. The number of rotatable bonds is 4. The second-order valence-corrected chi connectivity index (χ2v) is 8.56. The minimum Gasteiger partial charge on any atom is -0.459 e.